The molecule has 2 aromatic heterocycles. The standard InChI is InChI=1S/C23H19ClF2N2O4S.C21H17ClF2N2O3S/c1-14(29)28(15(2)30)13-16-3-10-22(27-12-16)23(20-11-18(25)6-9-21(20)26)33(31,32)19-7-4-17(24)5-8-19;1-13(27)25-11-14-2-9-20(26-12-14)21(18-10-16(23)5-8-19(18)24)30(28,29)17-6-3-15(22)4-7-17/h3-12,23H,13H2,1-2H3;2-10,12,21H,11H2,1H3,(H,25,27). The molecule has 328 valence electrons. The van der Waals surface area contributed by atoms with E-state index < -0.39 is 70.8 Å². The number of sulfone groups is 2. The summed E-state index contributed by atoms with van der Waals surface area (Å²) in [4.78, 5) is 43.4. The van der Waals surface area contributed by atoms with Crippen LogP contribution in [-0.2, 0) is 47.1 Å². The lowest BCUT2D eigenvalue weighted by molar-refractivity contribution is -0.142. The number of hydrogen-bond acceptors (Lipinski definition) is 9. The van der Waals surface area contributed by atoms with Gasteiger partial charge in [0, 0.05) is 60.9 Å². The van der Waals surface area contributed by atoms with Crippen LogP contribution in [0.3, 0.4) is 0 Å². The third-order valence-corrected chi connectivity index (χ3v) is 13.9. The average Bonchev–Trinajstić information content (AvgIpc) is 3.23. The number of rotatable bonds is 12. The van der Waals surface area contributed by atoms with Gasteiger partial charge in [0.25, 0.3) is 0 Å². The van der Waals surface area contributed by atoms with E-state index in [1.165, 1.54) is 99.9 Å². The van der Waals surface area contributed by atoms with Crippen LogP contribution in [0.15, 0.2) is 131 Å². The normalized spacial score (nSPS) is 12.3. The van der Waals surface area contributed by atoms with Gasteiger partial charge >= 0.3 is 0 Å². The van der Waals surface area contributed by atoms with Crippen molar-refractivity contribution in [3.63, 3.8) is 0 Å². The largest absolute Gasteiger partial charge is 0.352 e. The number of benzene rings is 4. The smallest absolute Gasteiger partial charge is 0.226 e. The van der Waals surface area contributed by atoms with E-state index in [0.29, 0.717) is 21.2 Å². The maximum absolute atomic E-state index is 14.7. The van der Waals surface area contributed by atoms with Crippen LogP contribution >= 0.6 is 23.2 Å². The minimum absolute atomic E-state index is 0.0148. The third kappa shape index (κ3) is 11.9. The lowest BCUT2D eigenvalue weighted by Crippen LogP contribution is -2.32. The molecule has 2 heterocycles. The summed E-state index contributed by atoms with van der Waals surface area (Å²) in [6.07, 6.45) is 2.67. The zero-order valence-corrected chi connectivity index (χ0v) is 36.5. The van der Waals surface area contributed by atoms with Gasteiger partial charge in [0.1, 0.15) is 33.8 Å². The molecule has 2 atom stereocenters. The average molecular weight is 944 g/mol. The van der Waals surface area contributed by atoms with Crippen molar-refractivity contribution in [3.8, 4) is 0 Å². The van der Waals surface area contributed by atoms with E-state index in [2.05, 4.69) is 15.3 Å². The van der Waals surface area contributed by atoms with E-state index in [-0.39, 0.29) is 45.7 Å². The molecule has 0 aliphatic carbocycles. The minimum Gasteiger partial charge on any atom is -0.352 e. The Kier molecular flexibility index (Phi) is 15.6. The summed E-state index contributed by atoms with van der Waals surface area (Å²) in [5, 5.41) is 0.0153. The molecular weight excluding hydrogens is 908 g/mol. The van der Waals surface area contributed by atoms with Crippen molar-refractivity contribution >= 4 is 60.6 Å². The predicted octanol–water partition coefficient (Wildman–Crippen LogP) is 8.68. The number of nitrogens with one attached hydrogen (secondary N) is 1. The highest BCUT2D eigenvalue weighted by atomic mass is 35.5. The summed E-state index contributed by atoms with van der Waals surface area (Å²) in [5.74, 6) is -4.52. The number of aromatic nitrogens is 2. The van der Waals surface area contributed by atoms with Crippen LogP contribution in [0.25, 0.3) is 0 Å². The van der Waals surface area contributed by atoms with Gasteiger partial charge in [-0.1, -0.05) is 35.3 Å². The van der Waals surface area contributed by atoms with Crippen LogP contribution in [0.4, 0.5) is 17.6 Å². The first-order chi connectivity index (χ1) is 29.7. The topological polar surface area (TPSA) is 161 Å². The van der Waals surface area contributed by atoms with Crippen LogP contribution in [0.1, 0.15) is 64.9 Å². The Morgan fingerprint density at radius 3 is 1.33 bits per heavy atom. The van der Waals surface area contributed by atoms with Crippen molar-refractivity contribution in [3.05, 3.63) is 189 Å². The molecule has 6 aromatic rings. The molecule has 0 radical (unpaired) electrons. The summed E-state index contributed by atoms with van der Waals surface area (Å²) in [7, 11) is -8.47. The zero-order valence-electron chi connectivity index (χ0n) is 33.4. The van der Waals surface area contributed by atoms with Crippen molar-refractivity contribution < 1.29 is 48.8 Å². The Balaban J connectivity index is 0.000000239. The Hall–Kier alpha value is -6.01. The summed E-state index contributed by atoms with van der Waals surface area (Å²) in [6.45, 7) is 3.98. The molecule has 0 bridgehead atoms. The first-order valence-electron chi connectivity index (χ1n) is 18.5. The zero-order chi connectivity index (χ0) is 46.2. The van der Waals surface area contributed by atoms with E-state index in [1.807, 2.05) is 0 Å². The number of halogens is 6. The van der Waals surface area contributed by atoms with Gasteiger partial charge in [-0.2, -0.15) is 0 Å². The third-order valence-electron chi connectivity index (χ3n) is 9.26. The second-order valence-corrected chi connectivity index (χ2v) is 18.7. The number of nitrogens with zero attached hydrogens (tertiary/aromatic N) is 3. The monoisotopic (exact) mass is 942 g/mol. The summed E-state index contributed by atoms with van der Waals surface area (Å²) >= 11 is 11.7. The van der Waals surface area contributed by atoms with Gasteiger partial charge in [-0.25, -0.2) is 34.4 Å². The van der Waals surface area contributed by atoms with Gasteiger partial charge in [-0.3, -0.25) is 29.3 Å². The maximum Gasteiger partial charge on any atom is 0.226 e. The maximum atomic E-state index is 14.7. The van der Waals surface area contributed by atoms with Crippen LogP contribution in [0, 0.1) is 23.3 Å². The summed E-state index contributed by atoms with van der Waals surface area (Å²) < 4.78 is 111. The van der Waals surface area contributed by atoms with Gasteiger partial charge in [0.05, 0.1) is 27.7 Å². The van der Waals surface area contributed by atoms with Crippen molar-refractivity contribution in [1.82, 2.24) is 20.2 Å². The Morgan fingerprint density at radius 1 is 0.587 bits per heavy atom. The number of amides is 3. The predicted molar refractivity (Wildman–Crippen MR) is 227 cm³/mol. The number of pyridine rings is 2. The minimum atomic E-state index is -4.27. The molecule has 0 aliphatic heterocycles. The highest BCUT2D eigenvalue weighted by molar-refractivity contribution is 7.92. The summed E-state index contributed by atoms with van der Waals surface area (Å²) in [6, 6.07) is 21.7. The van der Waals surface area contributed by atoms with Gasteiger partial charge in [0.2, 0.25) is 17.7 Å². The van der Waals surface area contributed by atoms with E-state index in [4.69, 9.17) is 23.2 Å². The Labute approximate surface area is 370 Å². The molecule has 3 amide bonds. The van der Waals surface area contributed by atoms with E-state index in [9.17, 15) is 48.8 Å². The second kappa shape index (κ2) is 20.4. The molecule has 0 spiro atoms. The molecule has 2 unspecified atom stereocenters. The molecule has 63 heavy (non-hydrogen) atoms. The molecule has 6 rings (SSSR count). The molecular formula is C44H36Cl2F4N4O7S2. The fraction of sp³-hybridized carbons (Fsp3) is 0.159. The lowest BCUT2D eigenvalue weighted by atomic mass is 10.1. The summed E-state index contributed by atoms with van der Waals surface area (Å²) in [5.41, 5.74) is 0.269. The molecule has 1 N–H and O–H groups in total. The molecule has 19 heteroatoms. The molecule has 0 saturated carbocycles. The fourth-order valence-corrected chi connectivity index (χ4v) is 9.93. The molecule has 4 aromatic carbocycles. The highest BCUT2D eigenvalue weighted by Crippen LogP contribution is 2.38. The van der Waals surface area contributed by atoms with E-state index >= 15 is 0 Å². The van der Waals surface area contributed by atoms with Crippen LogP contribution in [0.2, 0.25) is 10.0 Å². The molecule has 0 saturated heterocycles. The Morgan fingerprint density at radius 2 is 0.984 bits per heavy atom. The van der Waals surface area contributed by atoms with Gasteiger partial charge in [-0.15, -0.1) is 0 Å². The van der Waals surface area contributed by atoms with Crippen molar-refractivity contribution in [2.24, 2.45) is 0 Å². The van der Waals surface area contributed by atoms with Gasteiger partial charge < -0.3 is 5.32 Å². The number of imide groups is 1. The van der Waals surface area contributed by atoms with Crippen molar-refractivity contribution in [1.29, 1.82) is 0 Å². The SMILES string of the molecule is CC(=O)N(Cc1ccc(C(c2cc(F)ccc2F)S(=O)(=O)c2ccc(Cl)cc2)nc1)C(C)=O.CC(=O)NCc1ccc(C(c2cc(F)ccc2F)S(=O)(=O)c2ccc(Cl)cc2)nc1. The number of carbonyl (C=O) groups excluding carboxylic acids is 3. The number of hydrogen-bond donors (Lipinski definition) is 1. The van der Waals surface area contributed by atoms with Gasteiger partial charge in [-0.05, 0) is 108 Å². The molecule has 11 nitrogen and oxygen atoms in total. The van der Waals surface area contributed by atoms with Crippen LogP contribution in [0.5, 0.6) is 0 Å². The van der Waals surface area contributed by atoms with E-state index in [1.54, 1.807) is 6.07 Å². The van der Waals surface area contributed by atoms with Crippen molar-refractivity contribution in [2.45, 2.75) is 54.2 Å². The molecule has 0 aliphatic rings. The first kappa shape index (κ1) is 48.0. The van der Waals surface area contributed by atoms with E-state index in [0.717, 1.165) is 41.3 Å². The lowest BCUT2D eigenvalue weighted by Gasteiger charge is -2.20. The second-order valence-electron chi connectivity index (χ2n) is 13.8. The van der Waals surface area contributed by atoms with Crippen molar-refractivity contribution in [2.75, 3.05) is 0 Å². The quantitative estimate of drug-likeness (QED) is 0.118. The Bertz CT molecular complexity index is 2840. The van der Waals surface area contributed by atoms with Gasteiger partial charge in [0.15, 0.2) is 19.7 Å². The van der Waals surface area contributed by atoms with Crippen LogP contribution in [-0.4, -0.2) is 49.4 Å². The number of carbonyl (C=O) groups is 3. The fourth-order valence-electron chi connectivity index (χ4n) is 6.16. The van der Waals surface area contributed by atoms with Crippen LogP contribution < -0.4 is 5.32 Å². The highest BCUT2D eigenvalue weighted by Gasteiger charge is 2.36. The molecule has 0 fully saturated rings. The first-order valence-corrected chi connectivity index (χ1v) is 22.4.